The van der Waals surface area contributed by atoms with Gasteiger partial charge in [0.05, 0.1) is 4.92 Å². The van der Waals surface area contributed by atoms with E-state index in [1.165, 1.54) is 12.1 Å². The predicted octanol–water partition coefficient (Wildman–Crippen LogP) is 0.193. The number of hydrogen-bond acceptors (Lipinski definition) is 4. The molecule has 0 radical (unpaired) electrons. The Morgan fingerprint density at radius 2 is 1.79 bits per heavy atom. The number of hydrogen-bond donors (Lipinski definition) is 1. The molecular weight excluding hydrogens is 237 g/mol. The van der Waals surface area contributed by atoms with E-state index in [2.05, 4.69) is 0 Å². The molecule has 0 saturated heterocycles. The number of para-hydroxylation sites is 1. The van der Waals surface area contributed by atoms with Crippen LogP contribution in [-0.4, -0.2) is 69.3 Å². The summed E-state index contributed by atoms with van der Waals surface area (Å²) >= 11 is 0. The van der Waals surface area contributed by atoms with Gasteiger partial charge in [-0.2, -0.15) is 8.42 Å². The van der Waals surface area contributed by atoms with Crippen LogP contribution in [0.5, 0.6) is 0 Å². The maximum absolute atomic E-state index is 10.6. The average molecular weight is 243 g/mol. The first kappa shape index (κ1) is 14.2. The van der Waals surface area contributed by atoms with Crippen molar-refractivity contribution in [1.29, 1.82) is 0 Å². The third-order valence-corrected chi connectivity index (χ3v) is 2.24. The Morgan fingerprint density at radius 3 is 2.14 bits per heavy atom. The SMILES string of the molecule is O=[N+]([O-])c1ccccc1S(=O)(=O)O.[KH]. The van der Waals surface area contributed by atoms with Crippen molar-refractivity contribution >= 4 is 67.2 Å². The molecule has 0 atom stereocenters. The molecule has 6 nitrogen and oxygen atoms in total. The Hall–Kier alpha value is 0.166. The van der Waals surface area contributed by atoms with Crippen molar-refractivity contribution < 1.29 is 17.9 Å². The van der Waals surface area contributed by atoms with E-state index in [1.807, 2.05) is 0 Å². The summed E-state index contributed by atoms with van der Waals surface area (Å²) in [5.41, 5.74) is -0.634. The van der Waals surface area contributed by atoms with Crippen molar-refractivity contribution in [3.63, 3.8) is 0 Å². The molecule has 1 aromatic rings. The Bertz CT molecular complexity index is 443. The quantitative estimate of drug-likeness (QED) is 0.346. The monoisotopic (exact) mass is 243 g/mol. The molecule has 0 heterocycles. The van der Waals surface area contributed by atoms with Gasteiger partial charge in [0.1, 0.15) is 0 Å². The Labute approximate surface area is 123 Å². The van der Waals surface area contributed by atoms with Crippen LogP contribution in [0.15, 0.2) is 29.2 Å². The molecule has 0 saturated carbocycles. The molecule has 72 valence electrons. The van der Waals surface area contributed by atoms with Gasteiger partial charge in [0, 0.05) is 6.07 Å². The van der Waals surface area contributed by atoms with Gasteiger partial charge in [-0.1, -0.05) is 12.1 Å². The maximum atomic E-state index is 10.6. The van der Waals surface area contributed by atoms with E-state index in [0.29, 0.717) is 0 Å². The number of rotatable bonds is 2. The van der Waals surface area contributed by atoms with Crippen LogP contribution in [0.3, 0.4) is 0 Å². The van der Waals surface area contributed by atoms with Crippen LogP contribution in [0, 0.1) is 10.1 Å². The molecule has 1 aromatic carbocycles. The fraction of sp³-hybridized carbons (Fsp3) is 0. The molecule has 0 aliphatic carbocycles. The first-order valence-electron chi connectivity index (χ1n) is 3.14. The van der Waals surface area contributed by atoms with E-state index in [-0.39, 0.29) is 51.4 Å². The molecule has 14 heavy (non-hydrogen) atoms. The molecule has 0 aliphatic heterocycles. The summed E-state index contributed by atoms with van der Waals surface area (Å²) in [7, 11) is -4.52. The van der Waals surface area contributed by atoms with Crippen LogP contribution in [0.25, 0.3) is 0 Å². The summed E-state index contributed by atoms with van der Waals surface area (Å²) in [6.45, 7) is 0. The van der Waals surface area contributed by atoms with Gasteiger partial charge in [-0.15, -0.1) is 0 Å². The second-order valence-electron chi connectivity index (χ2n) is 2.20. The Kier molecular flexibility index (Phi) is 5.37. The van der Waals surface area contributed by atoms with Crippen molar-refractivity contribution in [2.75, 3.05) is 0 Å². The first-order chi connectivity index (χ1) is 5.93. The summed E-state index contributed by atoms with van der Waals surface area (Å²) in [6, 6.07) is 4.57. The third-order valence-electron chi connectivity index (χ3n) is 1.34. The van der Waals surface area contributed by atoms with Gasteiger partial charge >= 0.3 is 61.5 Å². The van der Waals surface area contributed by atoms with Crippen LogP contribution in [-0.2, 0) is 10.1 Å². The van der Waals surface area contributed by atoms with Gasteiger partial charge in [0.15, 0.2) is 4.90 Å². The van der Waals surface area contributed by atoms with E-state index in [0.717, 1.165) is 12.1 Å². The molecule has 0 spiro atoms. The van der Waals surface area contributed by atoms with E-state index >= 15 is 0 Å². The Balaban J connectivity index is 0.00000169. The topological polar surface area (TPSA) is 97.5 Å². The van der Waals surface area contributed by atoms with Crippen molar-refractivity contribution in [3.8, 4) is 0 Å². The minimum absolute atomic E-state index is 0. The Morgan fingerprint density at radius 1 is 1.29 bits per heavy atom. The minimum atomic E-state index is -4.52. The standard InChI is InChI=1S/C6H5NO5S.K.H/c8-7(9)5-3-1-2-4-6(5)13(10,11)12;;/h1-4H,(H,10,11,12);;. The van der Waals surface area contributed by atoms with Gasteiger partial charge in [0.25, 0.3) is 5.69 Å². The van der Waals surface area contributed by atoms with E-state index in [1.54, 1.807) is 0 Å². The molecule has 0 amide bonds. The molecule has 0 aliphatic rings. The first-order valence-corrected chi connectivity index (χ1v) is 4.58. The van der Waals surface area contributed by atoms with E-state index in [9.17, 15) is 18.5 Å². The van der Waals surface area contributed by atoms with Crippen LogP contribution < -0.4 is 0 Å². The van der Waals surface area contributed by atoms with E-state index in [4.69, 9.17) is 4.55 Å². The molecule has 0 unspecified atom stereocenters. The summed E-state index contributed by atoms with van der Waals surface area (Å²) in [5.74, 6) is 0. The van der Waals surface area contributed by atoms with Crippen LogP contribution in [0.4, 0.5) is 5.69 Å². The predicted molar refractivity (Wildman–Crippen MR) is 50.1 cm³/mol. The van der Waals surface area contributed by atoms with Gasteiger partial charge in [-0.3, -0.25) is 14.7 Å². The molecule has 0 fully saturated rings. The van der Waals surface area contributed by atoms with E-state index < -0.39 is 25.6 Å². The summed E-state index contributed by atoms with van der Waals surface area (Å²) in [5, 5.41) is 10.3. The summed E-state index contributed by atoms with van der Waals surface area (Å²) in [6.07, 6.45) is 0. The van der Waals surface area contributed by atoms with Crippen LogP contribution >= 0.6 is 0 Å². The zero-order valence-electron chi connectivity index (χ0n) is 6.25. The number of nitrogens with zero attached hydrogens (tertiary/aromatic N) is 1. The molecular formula is C6H6KNO5S. The van der Waals surface area contributed by atoms with Crippen molar-refractivity contribution in [3.05, 3.63) is 34.4 Å². The summed E-state index contributed by atoms with van der Waals surface area (Å²) < 4.78 is 29.8. The number of nitro benzene ring substituents is 1. The van der Waals surface area contributed by atoms with Gasteiger partial charge in [-0.05, 0) is 6.07 Å². The molecule has 8 heteroatoms. The fourth-order valence-corrected chi connectivity index (χ4v) is 1.48. The molecule has 1 N–H and O–H groups in total. The zero-order chi connectivity index (χ0) is 10.1. The van der Waals surface area contributed by atoms with Crippen LogP contribution in [0.2, 0.25) is 0 Å². The normalized spacial score (nSPS) is 10.4. The van der Waals surface area contributed by atoms with Crippen LogP contribution in [0.1, 0.15) is 0 Å². The molecule has 0 bridgehead atoms. The van der Waals surface area contributed by atoms with Gasteiger partial charge in [0.2, 0.25) is 0 Å². The van der Waals surface area contributed by atoms with Crippen molar-refractivity contribution in [1.82, 2.24) is 0 Å². The molecule has 1 rings (SSSR count). The fourth-order valence-electron chi connectivity index (χ4n) is 0.826. The summed E-state index contributed by atoms with van der Waals surface area (Å²) in [4.78, 5) is 8.73. The van der Waals surface area contributed by atoms with Crippen molar-refractivity contribution in [2.24, 2.45) is 0 Å². The van der Waals surface area contributed by atoms with Crippen molar-refractivity contribution in [2.45, 2.75) is 4.90 Å². The number of nitro groups is 1. The van der Waals surface area contributed by atoms with Gasteiger partial charge < -0.3 is 0 Å². The van der Waals surface area contributed by atoms with Gasteiger partial charge in [-0.25, -0.2) is 0 Å². The third kappa shape index (κ3) is 3.39. The zero-order valence-corrected chi connectivity index (χ0v) is 7.06. The average Bonchev–Trinajstić information content (AvgIpc) is 2.03. The number of benzene rings is 1. The molecule has 0 aromatic heterocycles. The second-order valence-corrected chi connectivity index (χ2v) is 3.59. The second kappa shape index (κ2) is 5.31.